The number of rotatable bonds is 5. The topological polar surface area (TPSA) is 34.1 Å². The van der Waals surface area contributed by atoms with Crippen LogP contribution in [0.25, 0.3) is 0 Å². The van der Waals surface area contributed by atoms with Gasteiger partial charge in [0.05, 0.1) is 6.10 Å². The van der Waals surface area contributed by atoms with Gasteiger partial charge in [-0.25, -0.2) is 4.98 Å². The molecular formula is C15H24N2OS. The van der Waals surface area contributed by atoms with Gasteiger partial charge in [-0.15, -0.1) is 11.3 Å². The van der Waals surface area contributed by atoms with Gasteiger partial charge < -0.3 is 10.1 Å². The highest BCUT2D eigenvalue weighted by Crippen LogP contribution is 2.54. The number of hydrogen-bond acceptors (Lipinski definition) is 4. The third kappa shape index (κ3) is 2.46. The van der Waals surface area contributed by atoms with Gasteiger partial charge in [0.15, 0.2) is 0 Å². The van der Waals surface area contributed by atoms with E-state index in [9.17, 15) is 0 Å². The van der Waals surface area contributed by atoms with Crippen LogP contribution in [-0.2, 0) is 11.3 Å². The van der Waals surface area contributed by atoms with Crippen molar-refractivity contribution in [3.8, 4) is 0 Å². The number of thiazole rings is 1. The maximum absolute atomic E-state index is 5.95. The fraction of sp³-hybridized carbons (Fsp3) is 0.800. The molecule has 106 valence electrons. The summed E-state index contributed by atoms with van der Waals surface area (Å²) >= 11 is 1.76. The first-order chi connectivity index (χ1) is 9.24. The molecule has 0 saturated heterocycles. The zero-order chi connectivity index (χ0) is 13.3. The Morgan fingerprint density at radius 2 is 2.26 bits per heavy atom. The fourth-order valence-corrected chi connectivity index (χ4v) is 4.59. The maximum atomic E-state index is 5.95. The smallest absolute Gasteiger partial charge is 0.107 e. The van der Waals surface area contributed by atoms with Gasteiger partial charge in [0.25, 0.3) is 0 Å². The second kappa shape index (κ2) is 5.51. The van der Waals surface area contributed by atoms with E-state index in [-0.39, 0.29) is 0 Å². The molecule has 2 aliphatic rings. The number of aromatic nitrogens is 1. The summed E-state index contributed by atoms with van der Waals surface area (Å²) in [6, 6.07) is 0.635. The molecule has 1 aromatic heterocycles. The average molecular weight is 280 g/mol. The van der Waals surface area contributed by atoms with Gasteiger partial charge in [-0.05, 0) is 33.1 Å². The molecule has 0 aromatic carbocycles. The lowest BCUT2D eigenvalue weighted by atomic mass is 9.60. The molecule has 2 fully saturated rings. The first-order valence-corrected chi connectivity index (χ1v) is 8.38. The van der Waals surface area contributed by atoms with Crippen LogP contribution in [0.4, 0.5) is 0 Å². The molecule has 2 atom stereocenters. The van der Waals surface area contributed by atoms with Crippen molar-refractivity contribution in [2.24, 2.45) is 5.41 Å². The van der Waals surface area contributed by atoms with Gasteiger partial charge >= 0.3 is 0 Å². The van der Waals surface area contributed by atoms with Crippen LogP contribution in [0.5, 0.6) is 0 Å². The molecule has 4 heteroatoms. The molecule has 0 amide bonds. The van der Waals surface area contributed by atoms with E-state index in [2.05, 4.69) is 29.5 Å². The number of hydrogen-bond donors (Lipinski definition) is 1. The molecular weight excluding hydrogens is 256 g/mol. The van der Waals surface area contributed by atoms with E-state index in [4.69, 9.17) is 4.74 Å². The fourth-order valence-electron chi connectivity index (χ4n) is 3.87. The summed E-state index contributed by atoms with van der Waals surface area (Å²) in [6.45, 7) is 5.95. The first kappa shape index (κ1) is 13.5. The molecule has 1 heterocycles. The first-order valence-electron chi connectivity index (χ1n) is 7.50. The Labute approximate surface area is 119 Å². The van der Waals surface area contributed by atoms with Crippen LogP contribution < -0.4 is 5.32 Å². The summed E-state index contributed by atoms with van der Waals surface area (Å²) in [5.41, 5.74) is 1.57. The molecule has 0 aliphatic heterocycles. The summed E-state index contributed by atoms with van der Waals surface area (Å²) < 4.78 is 5.95. The standard InChI is InChI=1S/C15H24N2OS/c1-3-18-13-8-12(15(13)6-4-5-7-15)16-9-14-17-11(2)10-19-14/h10,12-13,16H,3-9H2,1-2H3. The van der Waals surface area contributed by atoms with E-state index < -0.39 is 0 Å². The Morgan fingerprint density at radius 3 is 2.89 bits per heavy atom. The number of ether oxygens (including phenoxy) is 1. The molecule has 0 radical (unpaired) electrons. The minimum Gasteiger partial charge on any atom is -0.378 e. The molecule has 1 N–H and O–H groups in total. The van der Waals surface area contributed by atoms with Crippen molar-refractivity contribution < 1.29 is 4.74 Å². The van der Waals surface area contributed by atoms with Crippen LogP contribution in [0.1, 0.15) is 49.7 Å². The van der Waals surface area contributed by atoms with Crippen LogP contribution in [0.3, 0.4) is 0 Å². The largest absolute Gasteiger partial charge is 0.378 e. The van der Waals surface area contributed by atoms with E-state index in [0.717, 1.165) is 18.8 Å². The minimum absolute atomic E-state index is 0.433. The highest BCUT2D eigenvalue weighted by molar-refractivity contribution is 7.09. The Balaban J connectivity index is 1.59. The van der Waals surface area contributed by atoms with Gasteiger partial charge in [0.1, 0.15) is 5.01 Å². The Hall–Kier alpha value is -0.450. The lowest BCUT2D eigenvalue weighted by Crippen LogP contribution is -2.62. The molecule has 2 unspecified atom stereocenters. The van der Waals surface area contributed by atoms with Crippen LogP contribution >= 0.6 is 11.3 Å². The maximum Gasteiger partial charge on any atom is 0.107 e. The number of nitrogens with one attached hydrogen (secondary N) is 1. The third-order valence-corrected chi connectivity index (χ3v) is 5.82. The number of nitrogens with zero attached hydrogens (tertiary/aromatic N) is 1. The highest BCUT2D eigenvalue weighted by Gasteiger charge is 2.56. The van der Waals surface area contributed by atoms with Crippen LogP contribution in [0.15, 0.2) is 5.38 Å². The SMILES string of the molecule is CCOC1CC(NCc2nc(C)cs2)C12CCCC2. The van der Waals surface area contributed by atoms with Crippen LogP contribution in [0, 0.1) is 12.3 Å². The lowest BCUT2D eigenvalue weighted by molar-refractivity contribution is -0.130. The number of aryl methyl sites for hydroxylation is 1. The molecule has 2 aliphatic carbocycles. The quantitative estimate of drug-likeness (QED) is 0.899. The van der Waals surface area contributed by atoms with E-state index in [0.29, 0.717) is 17.6 Å². The highest BCUT2D eigenvalue weighted by atomic mass is 32.1. The monoisotopic (exact) mass is 280 g/mol. The average Bonchev–Trinajstić information content (AvgIpc) is 3.03. The van der Waals surface area contributed by atoms with Gasteiger partial charge in [-0.1, -0.05) is 12.8 Å². The van der Waals surface area contributed by atoms with Crippen molar-refractivity contribution in [1.82, 2.24) is 10.3 Å². The van der Waals surface area contributed by atoms with Crippen molar-refractivity contribution in [2.45, 2.75) is 64.6 Å². The predicted octanol–water partition coefficient (Wildman–Crippen LogP) is 3.28. The van der Waals surface area contributed by atoms with Crippen molar-refractivity contribution in [2.75, 3.05) is 6.61 Å². The molecule has 1 spiro atoms. The lowest BCUT2D eigenvalue weighted by Gasteiger charge is -2.54. The molecule has 3 rings (SSSR count). The summed E-state index contributed by atoms with van der Waals surface area (Å²) in [5, 5.41) is 7.08. The van der Waals surface area contributed by atoms with E-state index in [1.807, 2.05) is 0 Å². The molecule has 19 heavy (non-hydrogen) atoms. The minimum atomic E-state index is 0.433. The normalized spacial score (nSPS) is 28.7. The predicted molar refractivity (Wildman–Crippen MR) is 78.4 cm³/mol. The van der Waals surface area contributed by atoms with Crippen LogP contribution in [-0.4, -0.2) is 23.7 Å². The van der Waals surface area contributed by atoms with Crippen molar-refractivity contribution >= 4 is 11.3 Å². The van der Waals surface area contributed by atoms with Gasteiger partial charge in [0.2, 0.25) is 0 Å². The summed E-state index contributed by atoms with van der Waals surface area (Å²) in [6.07, 6.45) is 7.10. The van der Waals surface area contributed by atoms with Gasteiger partial charge in [-0.2, -0.15) is 0 Å². The second-order valence-electron chi connectivity index (χ2n) is 5.94. The second-order valence-corrected chi connectivity index (χ2v) is 6.88. The van der Waals surface area contributed by atoms with Crippen molar-refractivity contribution in [1.29, 1.82) is 0 Å². The zero-order valence-electron chi connectivity index (χ0n) is 11.9. The van der Waals surface area contributed by atoms with Gasteiger partial charge in [-0.3, -0.25) is 0 Å². The summed E-state index contributed by atoms with van der Waals surface area (Å²) in [5.74, 6) is 0. The van der Waals surface area contributed by atoms with E-state index in [1.165, 1.54) is 37.1 Å². The summed E-state index contributed by atoms with van der Waals surface area (Å²) in [7, 11) is 0. The van der Waals surface area contributed by atoms with Crippen LogP contribution in [0.2, 0.25) is 0 Å². The zero-order valence-corrected chi connectivity index (χ0v) is 12.8. The third-order valence-electron chi connectivity index (χ3n) is 4.85. The molecule has 1 aromatic rings. The molecule has 0 bridgehead atoms. The summed E-state index contributed by atoms with van der Waals surface area (Å²) in [4.78, 5) is 4.54. The van der Waals surface area contributed by atoms with E-state index in [1.54, 1.807) is 11.3 Å². The van der Waals surface area contributed by atoms with Crippen molar-refractivity contribution in [3.63, 3.8) is 0 Å². The van der Waals surface area contributed by atoms with Gasteiger partial charge in [0, 0.05) is 35.7 Å². The Bertz CT molecular complexity index is 426. The Kier molecular flexibility index (Phi) is 3.92. The van der Waals surface area contributed by atoms with E-state index >= 15 is 0 Å². The molecule has 3 nitrogen and oxygen atoms in total. The Morgan fingerprint density at radius 1 is 1.47 bits per heavy atom. The van der Waals surface area contributed by atoms with Crippen molar-refractivity contribution in [3.05, 3.63) is 16.1 Å². The molecule has 2 saturated carbocycles.